The average Bonchev–Trinajstić information content (AvgIpc) is 2.98. The summed E-state index contributed by atoms with van der Waals surface area (Å²) in [5, 5.41) is 2.80. The minimum Gasteiger partial charge on any atom is -0.497 e. The second-order valence-corrected chi connectivity index (χ2v) is 5.98. The fourth-order valence-corrected chi connectivity index (χ4v) is 2.85. The number of nitrogens with one attached hydrogen (secondary N) is 1. The number of hydrogen-bond donors (Lipinski definition) is 1. The second-order valence-electron chi connectivity index (χ2n) is 5.98. The van der Waals surface area contributed by atoms with Crippen molar-refractivity contribution in [3.05, 3.63) is 59.9 Å². The summed E-state index contributed by atoms with van der Waals surface area (Å²) in [5.74, 6) is -0.444. The molecule has 0 bridgehead atoms. The van der Waals surface area contributed by atoms with Crippen LogP contribution in [0.2, 0.25) is 0 Å². The van der Waals surface area contributed by atoms with E-state index >= 15 is 0 Å². The van der Waals surface area contributed by atoms with E-state index in [0.717, 1.165) is 0 Å². The van der Waals surface area contributed by atoms with Crippen molar-refractivity contribution in [2.24, 2.45) is 5.92 Å². The molecule has 2 aromatic rings. The standard InChI is InChI=1S/C19H19FN2O3/c1-25-16-8-6-15(7-9-16)21-19(24)14-10-18(23)22(12-14)11-13-4-2-3-5-17(13)20/h2-9,14H,10-12H2,1H3,(H,21,24). The molecule has 2 amide bonds. The van der Waals surface area contributed by atoms with Gasteiger partial charge in [-0.1, -0.05) is 18.2 Å². The van der Waals surface area contributed by atoms with Crippen LogP contribution in [0, 0.1) is 11.7 Å². The maximum Gasteiger partial charge on any atom is 0.229 e. The molecule has 0 aromatic heterocycles. The van der Waals surface area contributed by atoms with E-state index in [4.69, 9.17) is 4.74 Å². The number of nitrogens with zero attached hydrogens (tertiary/aromatic N) is 1. The van der Waals surface area contributed by atoms with Crippen molar-refractivity contribution in [3.63, 3.8) is 0 Å². The highest BCUT2D eigenvalue weighted by atomic mass is 19.1. The number of anilines is 1. The first-order chi connectivity index (χ1) is 12.1. The predicted octanol–water partition coefficient (Wildman–Crippen LogP) is 2.82. The zero-order chi connectivity index (χ0) is 17.8. The summed E-state index contributed by atoms with van der Waals surface area (Å²) in [6, 6.07) is 13.3. The molecule has 1 N–H and O–H groups in total. The van der Waals surface area contributed by atoms with Crippen LogP contribution in [0.25, 0.3) is 0 Å². The Bertz CT molecular complexity index is 776. The Hall–Kier alpha value is -2.89. The SMILES string of the molecule is COc1ccc(NC(=O)C2CC(=O)N(Cc3ccccc3F)C2)cc1. The van der Waals surface area contributed by atoms with E-state index < -0.39 is 5.92 Å². The highest BCUT2D eigenvalue weighted by Gasteiger charge is 2.34. The van der Waals surface area contributed by atoms with Crippen LogP contribution in [0.4, 0.5) is 10.1 Å². The Labute approximate surface area is 145 Å². The molecule has 0 spiro atoms. The Kier molecular flexibility index (Phi) is 4.97. The lowest BCUT2D eigenvalue weighted by atomic mass is 10.1. The molecule has 0 radical (unpaired) electrons. The van der Waals surface area contributed by atoms with E-state index in [9.17, 15) is 14.0 Å². The summed E-state index contributed by atoms with van der Waals surface area (Å²) in [6.07, 6.45) is 0.135. The molecule has 1 saturated heterocycles. The van der Waals surface area contributed by atoms with Gasteiger partial charge in [-0.25, -0.2) is 4.39 Å². The molecule has 130 valence electrons. The van der Waals surface area contributed by atoms with Gasteiger partial charge in [-0.3, -0.25) is 9.59 Å². The smallest absolute Gasteiger partial charge is 0.229 e. The normalized spacial score (nSPS) is 16.8. The summed E-state index contributed by atoms with van der Waals surface area (Å²) in [5.41, 5.74) is 1.10. The molecule has 0 aliphatic carbocycles. The zero-order valence-corrected chi connectivity index (χ0v) is 13.9. The predicted molar refractivity (Wildman–Crippen MR) is 91.5 cm³/mol. The van der Waals surface area contributed by atoms with E-state index in [1.165, 1.54) is 11.0 Å². The van der Waals surface area contributed by atoms with E-state index in [2.05, 4.69) is 5.32 Å². The van der Waals surface area contributed by atoms with Crippen molar-refractivity contribution in [2.45, 2.75) is 13.0 Å². The van der Waals surface area contributed by atoms with Gasteiger partial charge in [0.05, 0.1) is 13.0 Å². The average molecular weight is 342 g/mol. The van der Waals surface area contributed by atoms with E-state index in [1.54, 1.807) is 49.6 Å². The number of ether oxygens (including phenoxy) is 1. The molecule has 2 aromatic carbocycles. The van der Waals surface area contributed by atoms with Gasteiger partial charge in [0.25, 0.3) is 0 Å². The third-order valence-electron chi connectivity index (χ3n) is 4.26. The lowest BCUT2D eigenvalue weighted by molar-refractivity contribution is -0.128. The van der Waals surface area contributed by atoms with Gasteiger partial charge < -0.3 is 15.0 Å². The molecule has 25 heavy (non-hydrogen) atoms. The largest absolute Gasteiger partial charge is 0.497 e. The van der Waals surface area contributed by atoms with Crippen LogP contribution in [0.5, 0.6) is 5.75 Å². The number of carbonyl (C=O) groups excluding carboxylic acids is 2. The number of rotatable bonds is 5. The summed E-state index contributed by atoms with van der Waals surface area (Å²) in [4.78, 5) is 26.1. The van der Waals surface area contributed by atoms with Gasteiger partial charge in [-0.2, -0.15) is 0 Å². The summed E-state index contributed by atoms with van der Waals surface area (Å²) < 4.78 is 18.8. The molecule has 0 saturated carbocycles. The molecule has 1 fully saturated rings. The Morgan fingerprint density at radius 3 is 2.64 bits per heavy atom. The summed E-state index contributed by atoms with van der Waals surface area (Å²) in [7, 11) is 1.57. The maximum atomic E-state index is 13.7. The van der Waals surface area contributed by atoms with Gasteiger partial charge >= 0.3 is 0 Å². The number of benzene rings is 2. The number of methoxy groups -OCH3 is 1. The second kappa shape index (κ2) is 7.34. The third-order valence-corrected chi connectivity index (χ3v) is 4.26. The third kappa shape index (κ3) is 3.96. The first kappa shape index (κ1) is 17.0. The number of halogens is 1. The van der Waals surface area contributed by atoms with E-state index in [0.29, 0.717) is 17.0 Å². The van der Waals surface area contributed by atoms with Crippen LogP contribution >= 0.6 is 0 Å². The molecule has 1 heterocycles. The van der Waals surface area contributed by atoms with Crippen LogP contribution < -0.4 is 10.1 Å². The maximum absolute atomic E-state index is 13.7. The van der Waals surface area contributed by atoms with Gasteiger partial charge in [0.15, 0.2) is 0 Å². The van der Waals surface area contributed by atoms with Gasteiger partial charge in [-0.15, -0.1) is 0 Å². The van der Waals surface area contributed by atoms with Gasteiger partial charge in [-0.05, 0) is 30.3 Å². The fourth-order valence-electron chi connectivity index (χ4n) is 2.85. The van der Waals surface area contributed by atoms with Crippen LogP contribution in [-0.2, 0) is 16.1 Å². The van der Waals surface area contributed by atoms with Crippen molar-refractivity contribution in [1.82, 2.24) is 4.90 Å². The highest BCUT2D eigenvalue weighted by molar-refractivity contribution is 5.97. The Balaban J connectivity index is 1.61. The highest BCUT2D eigenvalue weighted by Crippen LogP contribution is 2.23. The topological polar surface area (TPSA) is 58.6 Å². The molecule has 1 atom stereocenters. The fraction of sp³-hybridized carbons (Fsp3) is 0.263. The molecule has 1 unspecified atom stereocenters. The quantitative estimate of drug-likeness (QED) is 0.909. The van der Waals surface area contributed by atoms with Crippen molar-refractivity contribution in [1.29, 1.82) is 0 Å². The first-order valence-electron chi connectivity index (χ1n) is 8.03. The molecule has 1 aliphatic rings. The number of hydrogen-bond acceptors (Lipinski definition) is 3. The van der Waals surface area contributed by atoms with Crippen LogP contribution in [0.1, 0.15) is 12.0 Å². The van der Waals surface area contributed by atoms with Gasteiger partial charge in [0.1, 0.15) is 11.6 Å². The monoisotopic (exact) mass is 342 g/mol. The molecular weight excluding hydrogens is 323 g/mol. The van der Waals surface area contributed by atoms with Crippen molar-refractivity contribution >= 4 is 17.5 Å². The number of carbonyl (C=O) groups is 2. The lowest BCUT2D eigenvalue weighted by Crippen LogP contribution is -2.28. The van der Waals surface area contributed by atoms with Gasteiger partial charge in [0, 0.05) is 30.8 Å². The minimum atomic E-state index is -0.443. The van der Waals surface area contributed by atoms with E-state index in [-0.39, 0.29) is 37.1 Å². The van der Waals surface area contributed by atoms with Crippen molar-refractivity contribution < 1.29 is 18.7 Å². The number of likely N-dealkylation sites (tertiary alicyclic amines) is 1. The molecule has 6 heteroatoms. The molecular formula is C19H19FN2O3. The summed E-state index contributed by atoms with van der Waals surface area (Å²) >= 11 is 0. The molecule has 3 rings (SSSR count). The van der Waals surface area contributed by atoms with Crippen molar-refractivity contribution in [2.75, 3.05) is 19.0 Å². The molecule has 5 nitrogen and oxygen atoms in total. The minimum absolute atomic E-state index is 0.135. The Morgan fingerprint density at radius 1 is 1.24 bits per heavy atom. The summed E-state index contributed by atoms with van der Waals surface area (Å²) in [6.45, 7) is 0.465. The van der Waals surface area contributed by atoms with Crippen LogP contribution in [-0.4, -0.2) is 30.4 Å². The van der Waals surface area contributed by atoms with Gasteiger partial charge in [0.2, 0.25) is 11.8 Å². The van der Waals surface area contributed by atoms with E-state index in [1.807, 2.05) is 0 Å². The van der Waals surface area contributed by atoms with Crippen molar-refractivity contribution in [3.8, 4) is 5.75 Å². The molecule has 1 aliphatic heterocycles. The zero-order valence-electron chi connectivity index (χ0n) is 13.9. The van der Waals surface area contributed by atoms with Crippen LogP contribution in [0.3, 0.4) is 0 Å². The van der Waals surface area contributed by atoms with Crippen LogP contribution in [0.15, 0.2) is 48.5 Å². The Morgan fingerprint density at radius 2 is 1.96 bits per heavy atom. The number of amides is 2. The first-order valence-corrected chi connectivity index (χ1v) is 8.03. The lowest BCUT2D eigenvalue weighted by Gasteiger charge is -2.17.